The fraction of sp³-hybridized carbons (Fsp3) is 0.500. The highest BCUT2D eigenvalue weighted by Gasteiger charge is 2.28. The van der Waals surface area contributed by atoms with Crippen LogP contribution in [0.2, 0.25) is 0 Å². The fourth-order valence-electron chi connectivity index (χ4n) is 4.06. The number of unbranched alkanes of at least 4 members (excludes halogenated alkanes) is 3. The lowest BCUT2D eigenvalue weighted by Crippen LogP contribution is -2.29. The molecule has 32 heavy (non-hydrogen) atoms. The van der Waals surface area contributed by atoms with Crippen molar-refractivity contribution in [2.75, 3.05) is 18.5 Å². The number of fused-ring (bicyclic) bond motifs is 2. The van der Waals surface area contributed by atoms with Crippen LogP contribution in [0.15, 0.2) is 21.7 Å². The Morgan fingerprint density at radius 1 is 1.16 bits per heavy atom. The monoisotopic (exact) mass is 441 g/mol. The molecule has 1 aromatic rings. The lowest BCUT2D eigenvalue weighted by atomic mass is 10.1. The van der Waals surface area contributed by atoms with Gasteiger partial charge in [0, 0.05) is 25.2 Å². The summed E-state index contributed by atoms with van der Waals surface area (Å²) in [5.74, 6) is -0.128. The standard InChI is InChI=1S/C22H27N5O5/c28-10-8-23-15-12-17-16(11-14(15)13-6-7-13)24-19-20(25-22(32)26-21(19)31)27(17)9-4-2-1-3-5-18(29)30/h11-13,23,28H,1-10H2,(H,29,30)(H,26,31,32). The van der Waals surface area contributed by atoms with Crippen molar-refractivity contribution in [3.8, 4) is 11.5 Å². The van der Waals surface area contributed by atoms with Crippen molar-refractivity contribution in [3.63, 3.8) is 0 Å². The average molecular weight is 441 g/mol. The molecule has 0 bridgehead atoms. The molecule has 1 fully saturated rings. The molecule has 2 heterocycles. The number of aromatic amines is 1. The fourth-order valence-corrected chi connectivity index (χ4v) is 4.06. The number of nitrogens with zero attached hydrogens (tertiary/aromatic N) is 3. The molecule has 0 atom stereocenters. The summed E-state index contributed by atoms with van der Waals surface area (Å²) < 4.78 is 1.85. The van der Waals surface area contributed by atoms with E-state index >= 15 is 0 Å². The molecule has 3 aliphatic rings. The molecule has 0 amide bonds. The maximum Gasteiger partial charge on any atom is 0.349 e. The second kappa shape index (κ2) is 9.47. The van der Waals surface area contributed by atoms with Crippen LogP contribution in [-0.2, 0) is 11.3 Å². The largest absolute Gasteiger partial charge is 0.481 e. The quantitative estimate of drug-likeness (QED) is 0.260. The predicted octanol–water partition coefficient (Wildman–Crippen LogP) is 1.90. The molecule has 170 valence electrons. The number of hydrogen-bond acceptors (Lipinski definition) is 7. The third kappa shape index (κ3) is 4.80. The summed E-state index contributed by atoms with van der Waals surface area (Å²) in [4.78, 5) is 45.8. The number of aliphatic hydroxyl groups is 1. The number of H-pyrrole nitrogens is 1. The number of rotatable bonds is 11. The van der Waals surface area contributed by atoms with Crippen LogP contribution in [0.5, 0.6) is 0 Å². The zero-order chi connectivity index (χ0) is 22.7. The van der Waals surface area contributed by atoms with Crippen LogP contribution in [0, 0.1) is 0 Å². The normalized spacial score (nSPS) is 13.7. The number of nitrogens with one attached hydrogen (secondary N) is 2. The van der Waals surface area contributed by atoms with Crippen LogP contribution in [0.25, 0.3) is 22.6 Å². The molecule has 2 aliphatic heterocycles. The third-order valence-corrected chi connectivity index (χ3v) is 5.75. The third-order valence-electron chi connectivity index (χ3n) is 5.75. The van der Waals surface area contributed by atoms with Crippen LogP contribution in [0.1, 0.15) is 56.4 Å². The zero-order valence-corrected chi connectivity index (χ0v) is 17.8. The van der Waals surface area contributed by atoms with Crippen molar-refractivity contribution in [3.05, 3.63) is 38.5 Å². The average Bonchev–Trinajstić information content (AvgIpc) is 3.59. The maximum atomic E-state index is 12.4. The van der Waals surface area contributed by atoms with Gasteiger partial charge in [-0.1, -0.05) is 12.8 Å². The first-order valence-electron chi connectivity index (χ1n) is 11.0. The number of carbonyl (C=O) groups is 1. The Hall–Kier alpha value is -3.27. The minimum Gasteiger partial charge on any atom is -0.481 e. The molecule has 10 nitrogen and oxygen atoms in total. The topological polar surface area (TPSA) is 150 Å². The Morgan fingerprint density at radius 3 is 2.66 bits per heavy atom. The zero-order valence-electron chi connectivity index (χ0n) is 17.8. The van der Waals surface area contributed by atoms with Gasteiger partial charge in [-0.05, 0) is 49.3 Å². The van der Waals surface area contributed by atoms with E-state index in [-0.39, 0.29) is 24.5 Å². The molecular weight excluding hydrogens is 414 g/mol. The second-order valence-corrected chi connectivity index (χ2v) is 8.22. The molecule has 1 aliphatic carbocycles. The smallest absolute Gasteiger partial charge is 0.349 e. The van der Waals surface area contributed by atoms with Gasteiger partial charge < -0.3 is 20.1 Å². The number of anilines is 1. The molecule has 0 aromatic heterocycles. The summed E-state index contributed by atoms with van der Waals surface area (Å²) in [6.45, 7) is 0.935. The molecule has 0 radical (unpaired) electrons. The van der Waals surface area contributed by atoms with E-state index in [0.29, 0.717) is 30.9 Å². The number of aliphatic hydroxyl groups excluding tert-OH is 1. The van der Waals surface area contributed by atoms with Crippen molar-refractivity contribution < 1.29 is 15.0 Å². The second-order valence-electron chi connectivity index (χ2n) is 8.22. The highest BCUT2D eigenvalue weighted by Crippen LogP contribution is 2.44. The van der Waals surface area contributed by atoms with Crippen molar-refractivity contribution >= 4 is 22.7 Å². The van der Waals surface area contributed by atoms with E-state index < -0.39 is 17.2 Å². The summed E-state index contributed by atoms with van der Waals surface area (Å²) >= 11 is 0. The summed E-state index contributed by atoms with van der Waals surface area (Å²) in [7, 11) is 0. The van der Waals surface area contributed by atoms with Crippen LogP contribution in [0.4, 0.5) is 5.69 Å². The van der Waals surface area contributed by atoms with Gasteiger partial charge in [0.2, 0.25) is 0 Å². The summed E-state index contributed by atoms with van der Waals surface area (Å²) in [5.41, 5.74) is 2.29. The van der Waals surface area contributed by atoms with E-state index in [1.165, 1.54) is 0 Å². The molecular formula is C22H27N5O5. The lowest BCUT2D eigenvalue weighted by Gasteiger charge is -2.19. The first kappa shape index (κ1) is 21.9. The Kier molecular flexibility index (Phi) is 6.50. The van der Waals surface area contributed by atoms with E-state index in [2.05, 4.69) is 20.3 Å². The molecule has 1 aromatic carbocycles. The van der Waals surface area contributed by atoms with Gasteiger partial charge in [-0.25, -0.2) is 9.78 Å². The molecule has 1 saturated carbocycles. The Morgan fingerprint density at radius 2 is 1.94 bits per heavy atom. The SMILES string of the molecule is O=C(O)CCCCCCn1c2nc(=O)[nH]c(=O)c-2nc2cc(C3CC3)c(NCCO)cc21. The highest BCUT2D eigenvalue weighted by atomic mass is 16.4. The van der Waals surface area contributed by atoms with Crippen molar-refractivity contribution in [1.29, 1.82) is 0 Å². The number of aryl methyl sites for hydroxylation is 1. The van der Waals surface area contributed by atoms with Gasteiger partial charge in [0.15, 0.2) is 11.5 Å². The van der Waals surface area contributed by atoms with E-state index in [1.54, 1.807) is 0 Å². The first-order valence-corrected chi connectivity index (χ1v) is 11.0. The number of carboxylic acids is 1. The summed E-state index contributed by atoms with van der Waals surface area (Å²) in [6.07, 6.45) is 5.27. The molecule has 10 heteroatoms. The van der Waals surface area contributed by atoms with Gasteiger partial charge in [-0.15, -0.1) is 0 Å². The molecule has 0 spiro atoms. The van der Waals surface area contributed by atoms with E-state index in [0.717, 1.165) is 48.9 Å². The van der Waals surface area contributed by atoms with Gasteiger partial charge in [-0.3, -0.25) is 14.6 Å². The Labute approximate surface area is 183 Å². The van der Waals surface area contributed by atoms with Crippen molar-refractivity contribution in [2.24, 2.45) is 0 Å². The van der Waals surface area contributed by atoms with Gasteiger partial charge >= 0.3 is 11.7 Å². The lowest BCUT2D eigenvalue weighted by molar-refractivity contribution is -0.137. The number of aromatic nitrogens is 4. The van der Waals surface area contributed by atoms with Gasteiger partial charge in [0.05, 0.1) is 17.6 Å². The number of hydrogen-bond donors (Lipinski definition) is 4. The van der Waals surface area contributed by atoms with E-state index in [9.17, 15) is 19.5 Å². The van der Waals surface area contributed by atoms with Gasteiger partial charge in [0.1, 0.15) is 0 Å². The van der Waals surface area contributed by atoms with Crippen LogP contribution in [-0.4, -0.2) is 48.9 Å². The summed E-state index contributed by atoms with van der Waals surface area (Å²) in [6, 6.07) is 3.95. The Balaban J connectivity index is 1.75. The molecule has 0 saturated heterocycles. The Bertz CT molecular complexity index is 1210. The van der Waals surface area contributed by atoms with E-state index in [4.69, 9.17) is 5.11 Å². The van der Waals surface area contributed by atoms with Crippen LogP contribution < -0.4 is 16.6 Å². The van der Waals surface area contributed by atoms with Crippen LogP contribution >= 0.6 is 0 Å². The summed E-state index contributed by atoms with van der Waals surface area (Å²) in [5, 5.41) is 21.3. The molecule has 0 unspecified atom stereocenters. The van der Waals surface area contributed by atoms with Gasteiger partial charge in [-0.2, -0.15) is 4.98 Å². The molecule has 4 rings (SSSR count). The number of aliphatic carboxylic acids is 1. The van der Waals surface area contributed by atoms with Crippen molar-refractivity contribution in [1.82, 2.24) is 19.5 Å². The van der Waals surface area contributed by atoms with E-state index in [1.807, 2.05) is 16.7 Å². The minimum absolute atomic E-state index is 0.00489. The first-order chi connectivity index (χ1) is 15.5. The minimum atomic E-state index is -0.800. The maximum absolute atomic E-state index is 12.4. The number of benzene rings is 1. The van der Waals surface area contributed by atoms with Gasteiger partial charge in [0.25, 0.3) is 5.56 Å². The predicted molar refractivity (Wildman–Crippen MR) is 119 cm³/mol. The highest BCUT2D eigenvalue weighted by molar-refractivity contribution is 5.85. The number of carboxylic acid groups (broad SMARTS) is 1. The molecule has 4 N–H and O–H groups in total. The van der Waals surface area contributed by atoms with Crippen LogP contribution in [0.3, 0.4) is 0 Å². The van der Waals surface area contributed by atoms with Crippen molar-refractivity contribution in [2.45, 2.75) is 57.4 Å².